The minimum atomic E-state index is -0.497. The Balaban J connectivity index is 2.16. The highest BCUT2D eigenvalue weighted by Gasteiger charge is 2.38. The minimum Gasteiger partial charge on any atom is -0.391 e. The number of benzene rings is 1. The van der Waals surface area contributed by atoms with Gasteiger partial charge in [-0.2, -0.15) is 0 Å². The zero-order valence-electron chi connectivity index (χ0n) is 12.2. The third kappa shape index (κ3) is 3.07. The number of aliphatic hydroxyl groups is 1. The summed E-state index contributed by atoms with van der Waals surface area (Å²) in [6, 6.07) is 5.00. The maximum atomic E-state index is 13.6. The quantitative estimate of drug-likeness (QED) is 0.879. The van der Waals surface area contributed by atoms with Crippen LogP contribution in [0, 0.1) is 5.82 Å². The SMILES string of the molecule is CCC(C)(C(O)Cc1cccc(F)c1Br)N1CCCC1. The van der Waals surface area contributed by atoms with Crippen LogP contribution in [0.3, 0.4) is 0 Å². The van der Waals surface area contributed by atoms with E-state index in [-0.39, 0.29) is 11.4 Å². The summed E-state index contributed by atoms with van der Waals surface area (Å²) in [5, 5.41) is 10.7. The average molecular weight is 344 g/mol. The van der Waals surface area contributed by atoms with Gasteiger partial charge in [0.05, 0.1) is 10.6 Å². The zero-order valence-corrected chi connectivity index (χ0v) is 13.8. The Kier molecular flexibility index (Phi) is 5.21. The molecule has 112 valence electrons. The molecule has 1 aliphatic rings. The van der Waals surface area contributed by atoms with E-state index < -0.39 is 6.10 Å². The van der Waals surface area contributed by atoms with Gasteiger partial charge >= 0.3 is 0 Å². The van der Waals surface area contributed by atoms with Crippen molar-refractivity contribution in [1.29, 1.82) is 0 Å². The lowest BCUT2D eigenvalue weighted by molar-refractivity contribution is -0.0118. The molecule has 1 aromatic rings. The largest absolute Gasteiger partial charge is 0.391 e. The molecule has 0 aromatic heterocycles. The predicted octanol–water partition coefficient (Wildman–Crippen LogP) is 3.76. The van der Waals surface area contributed by atoms with Crippen LogP contribution in [0.2, 0.25) is 0 Å². The van der Waals surface area contributed by atoms with Gasteiger partial charge in [0.1, 0.15) is 5.82 Å². The third-order valence-corrected chi connectivity index (χ3v) is 5.60. The fourth-order valence-electron chi connectivity index (χ4n) is 3.03. The Morgan fingerprint density at radius 2 is 2.05 bits per heavy atom. The van der Waals surface area contributed by atoms with Crippen LogP contribution in [0.15, 0.2) is 22.7 Å². The normalized spacial score (nSPS) is 20.9. The molecular weight excluding hydrogens is 321 g/mol. The van der Waals surface area contributed by atoms with Crippen LogP contribution in [0.1, 0.15) is 38.7 Å². The van der Waals surface area contributed by atoms with Gasteiger partial charge in [-0.05, 0) is 66.8 Å². The molecule has 0 amide bonds. The van der Waals surface area contributed by atoms with E-state index in [0.717, 1.165) is 25.1 Å². The van der Waals surface area contributed by atoms with E-state index in [9.17, 15) is 9.50 Å². The smallest absolute Gasteiger partial charge is 0.137 e. The van der Waals surface area contributed by atoms with Crippen molar-refractivity contribution in [2.75, 3.05) is 13.1 Å². The van der Waals surface area contributed by atoms with Crippen LogP contribution in [-0.4, -0.2) is 34.7 Å². The Hall–Kier alpha value is -0.450. The molecule has 2 nitrogen and oxygen atoms in total. The van der Waals surface area contributed by atoms with E-state index in [2.05, 4.69) is 34.7 Å². The Morgan fingerprint density at radius 1 is 1.40 bits per heavy atom. The average Bonchev–Trinajstić information content (AvgIpc) is 2.97. The maximum Gasteiger partial charge on any atom is 0.137 e. The highest BCUT2D eigenvalue weighted by molar-refractivity contribution is 9.10. The standard InChI is InChI=1S/C16H23BrFNO/c1-3-16(2,19-9-4-5-10-19)14(20)11-12-7-6-8-13(18)15(12)17/h6-8,14,20H,3-5,9-11H2,1-2H3. The van der Waals surface area contributed by atoms with Crippen molar-refractivity contribution in [2.24, 2.45) is 0 Å². The van der Waals surface area contributed by atoms with Gasteiger partial charge in [0.25, 0.3) is 0 Å². The molecule has 2 unspecified atom stereocenters. The van der Waals surface area contributed by atoms with Gasteiger partial charge in [-0.1, -0.05) is 19.1 Å². The summed E-state index contributed by atoms with van der Waals surface area (Å²) in [6.45, 7) is 6.33. The van der Waals surface area contributed by atoms with E-state index in [4.69, 9.17) is 0 Å². The first-order valence-electron chi connectivity index (χ1n) is 7.35. The van der Waals surface area contributed by atoms with Crippen LogP contribution in [-0.2, 0) is 6.42 Å². The zero-order chi connectivity index (χ0) is 14.8. The Bertz CT molecular complexity index is 462. The maximum absolute atomic E-state index is 13.6. The molecule has 0 saturated carbocycles. The van der Waals surface area contributed by atoms with Crippen LogP contribution in [0.5, 0.6) is 0 Å². The number of likely N-dealkylation sites (tertiary alicyclic amines) is 1. The van der Waals surface area contributed by atoms with Crippen molar-refractivity contribution in [2.45, 2.75) is 51.2 Å². The van der Waals surface area contributed by atoms with E-state index in [1.807, 2.05) is 6.07 Å². The first-order chi connectivity index (χ1) is 9.49. The van der Waals surface area contributed by atoms with Crippen molar-refractivity contribution in [3.05, 3.63) is 34.1 Å². The number of aliphatic hydroxyl groups excluding tert-OH is 1. The molecule has 1 aromatic carbocycles. The molecule has 2 rings (SSSR count). The fourth-order valence-corrected chi connectivity index (χ4v) is 3.46. The second kappa shape index (κ2) is 6.54. The van der Waals surface area contributed by atoms with Crippen LogP contribution >= 0.6 is 15.9 Å². The number of halogens is 2. The van der Waals surface area contributed by atoms with Crippen LogP contribution in [0.4, 0.5) is 4.39 Å². The predicted molar refractivity (Wildman–Crippen MR) is 83.3 cm³/mol. The van der Waals surface area contributed by atoms with Gasteiger partial charge in [0.2, 0.25) is 0 Å². The molecule has 0 radical (unpaired) electrons. The van der Waals surface area contributed by atoms with Crippen LogP contribution < -0.4 is 0 Å². The summed E-state index contributed by atoms with van der Waals surface area (Å²) in [4.78, 5) is 2.38. The first kappa shape index (κ1) is 15.9. The van der Waals surface area contributed by atoms with E-state index in [0.29, 0.717) is 10.9 Å². The molecule has 0 bridgehead atoms. The van der Waals surface area contributed by atoms with Crippen molar-refractivity contribution >= 4 is 15.9 Å². The first-order valence-corrected chi connectivity index (χ1v) is 8.14. The molecule has 0 spiro atoms. The molecule has 1 saturated heterocycles. The van der Waals surface area contributed by atoms with Crippen molar-refractivity contribution in [3.63, 3.8) is 0 Å². The second-order valence-corrected chi connectivity index (χ2v) is 6.63. The number of hydrogen-bond acceptors (Lipinski definition) is 2. The summed E-state index contributed by atoms with van der Waals surface area (Å²) < 4.78 is 14.0. The summed E-state index contributed by atoms with van der Waals surface area (Å²) >= 11 is 3.28. The molecule has 1 heterocycles. The van der Waals surface area contributed by atoms with Gasteiger partial charge in [-0.3, -0.25) is 4.90 Å². The summed E-state index contributed by atoms with van der Waals surface area (Å²) in [7, 11) is 0. The summed E-state index contributed by atoms with van der Waals surface area (Å²) in [5.41, 5.74) is 0.596. The van der Waals surface area contributed by atoms with Crippen molar-refractivity contribution in [1.82, 2.24) is 4.90 Å². The molecule has 1 N–H and O–H groups in total. The molecule has 2 atom stereocenters. The molecular formula is C16H23BrFNO. The number of rotatable bonds is 5. The lowest BCUT2D eigenvalue weighted by atomic mass is 9.86. The summed E-state index contributed by atoms with van der Waals surface area (Å²) in [5.74, 6) is -0.269. The van der Waals surface area contributed by atoms with Gasteiger partial charge in [-0.25, -0.2) is 4.39 Å². The lowest BCUT2D eigenvalue weighted by Gasteiger charge is -2.42. The molecule has 1 aliphatic heterocycles. The van der Waals surface area contributed by atoms with Gasteiger partial charge in [0, 0.05) is 12.0 Å². The third-order valence-electron chi connectivity index (χ3n) is 4.71. The van der Waals surface area contributed by atoms with Gasteiger partial charge in [-0.15, -0.1) is 0 Å². The van der Waals surface area contributed by atoms with Gasteiger partial charge < -0.3 is 5.11 Å². The highest BCUT2D eigenvalue weighted by atomic mass is 79.9. The Labute approximate surface area is 129 Å². The Morgan fingerprint density at radius 3 is 2.65 bits per heavy atom. The minimum absolute atomic E-state index is 0.234. The molecule has 20 heavy (non-hydrogen) atoms. The summed E-state index contributed by atoms with van der Waals surface area (Å²) in [6.07, 6.45) is 3.27. The lowest BCUT2D eigenvalue weighted by Crippen LogP contribution is -2.53. The molecule has 0 aliphatic carbocycles. The fraction of sp³-hybridized carbons (Fsp3) is 0.625. The molecule has 4 heteroatoms. The topological polar surface area (TPSA) is 23.5 Å². The second-order valence-electron chi connectivity index (χ2n) is 5.84. The van der Waals surface area contributed by atoms with Gasteiger partial charge in [0.15, 0.2) is 0 Å². The van der Waals surface area contributed by atoms with Crippen LogP contribution in [0.25, 0.3) is 0 Å². The number of nitrogens with zero attached hydrogens (tertiary/aromatic N) is 1. The number of hydrogen-bond donors (Lipinski definition) is 1. The van der Waals surface area contributed by atoms with E-state index in [1.165, 1.54) is 18.9 Å². The van der Waals surface area contributed by atoms with E-state index >= 15 is 0 Å². The van der Waals surface area contributed by atoms with Crippen molar-refractivity contribution < 1.29 is 9.50 Å². The highest BCUT2D eigenvalue weighted by Crippen LogP contribution is 2.31. The van der Waals surface area contributed by atoms with E-state index in [1.54, 1.807) is 6.07 Å². The van der Waals surface area contributed by atoms with Crippen molar-refractivity contribution in [3.8, 4) is 0 Å². The monoisotopic (exact) mass is 343 g/mol. The molecule has 1 fully saturated rings.